The molecule has 0 saturated heterocycles. The van der Waals surface area contributed by atoms with Crippen molar-refractivity contribution < 1.29 is 4.39 Å². The van der Waals surface area contributed by atoms with Gasteiger partial charge in [0.25, 0.3) is 0 Å². The number of rotatable bonds is 1. The Morgan fingerprint density at radius 2 is 1.90 bits per heavy atom. The van der Waals surface area contributed by atoms with Gasteiger partial charge in [0.15, 0.2) is 0 Å². The highest BCUT2D eigenvalue weighted by Crippen LogP contribution is 2.06. The van der Waals surface area contributed by atoms with Crippen LogP contribution < -0.4 is 0 Å². The fourth-order valence-electron chi connectivity index (χ4n) is 0.487. The normalized spacial score (nSPS) is 10.5. The molecular weight excluding hydrogens is 129 g/mol. The molecule has 0 fully saturated rings. The van der Waals surface area contributed by atoms with E-state index in [-0.39, 0.29) is 5.83 Å². The van der Waals surface area contributed by atoms with Gasteiger partial charge in [0.2, 0.25) is 0 Å². The summed E-state index contributed by atoms with van der Waals surface area (Å²) in [5.74, 6) is -0.335. The van der Waals surface area contributed by atoms with Crippen molar-refractivity contribution in [1.82, 2.24) is 0 Å². The van der Waals surface area contributed by atoms with Crippen LogP contribution in [0, 0.1) is 11.3 Å². The van der Waals surface area contributed by atoms with Crippen molar-refractivity contribution in [2.24, 2.45) is 0 Å². The second kappa shape index (κ2) is 3.84. The fraction of sp³-hybridized carbons (Fsp3) is 0.375. The zero-order chi connectivity index (χ0) is 8.15. The standard InChI is InChI=1S/C8H10FN/c1-6(2)8(5-10)4-7(3)9/h4H,1-3H3. The van der Waals surface area contributed by atoms with E-state index in [4.69, 9.17) is 5.26 Å². The minimum atomic E-state index is -0.335. The van der Waals surface area contributed by atoms with Crippen molar-refractivity contribution in [2.45, 2.75) is 20.8 Å². The maximum absolute atomic E-state index is 12.2. The van der Waals surface area contributed by atoms with E-state index in [1.807, 2.05) is 6.07 Å². The molecule has 0 aromatic carbocycles. The van der Waals surface area contributed by atoms with Crippen molar-refractivity contribution in [3.05, 3.63) is 23.0 Å². The van der Waals surface area contributed by atoms with E-state index in [0.29, 0.717) is 5.57 Å². The Bertz CT molecular complexity index is 210. The number of hydrogen-bond donors (Lipinski definition) is 0. The molecule has 0 atom stereocenters. The lowest BCUT2D eigenvalue weighted by Crippen LogP contribution is -1.77. The highest BCUT2D eigenvalue weighted by Gasteiger charge is 1.93. The minimum Gasteiger partial charge on any atom is -0.212 e. The monoisotopic (exact) mass is 139 g/mol. The van der Waals surface area contributed by atoms with Crippen LogP contribution in [0.1, 0.15) is 20.8 Å². The second-order valence-electron chi connectivity index (χ2n) is 2.26. The molecule has 10 heavy (non-hydrogen) atoms. The zero-order valence-electron chi connectivity index (χ0n) is 6.40. The number of nitrogens with zero attached hydrogens (tertiary/aromatic N) is 1. The van der Waals surface area contributed by atoms with Crippen molar-refractivity contribution in [3.8, 4) is 6.07 Å². The summed E-state index contributed by atoms with van der Waals surface area (Å²) >= 11 is 0. The van der Waals surface area contributed by atoms with Crippen LogP contribution in [0.15, 0.2) is 23.0 Å². The predicted molar refractivity (Wildman–Crippen MR) is 38.9 cm³/mol. The average Bonchev–Trinajstić information content (AvgIpc) is 1.81. The van der Waals surface area contributed by atoms with Gasteiger partial charge >= 0.3 is 0 Å². The van der Waals surface area contributed by atoms with Crippen LogP contribution in [-0.2, 0) is 0 Å². The molecule has 0 aliphatic rings. The van der Waals surface area contributed by atoms with Crippen molar-refractivity contribution in [3.63, 3.8) is 0 Å². The van der Waals surface area contributed by atoms with Crippen LogP contribution in [0.4, 0.5) is 4.39 Å². The summed E-state index contributed by atoms with van der Waals surface area (Å²) in [6.07, 6.45) is 1.23. The maximum atomic E-state index is 12.2. The van der Waals surface area contributed by atoms with Crippen LogP contribution >= 0.6 is 0 Å². The Morgan fingerprint density at radius 1 is 1.40 bits per heavy atom. The second-order valence-corrected chi connectivity index (χ2v) is 2.26. The summed E-state index contributed by atoms with van der Waals surface area (Å²) in [5.41, 5.74) is 1.24. The molecule has 0 bridgehead atoms. The molecule has 0 aromatic rings. The van der Waals surface area contributed by atoms with Gasteiger partial charge in [0, 0.05) is 0 Å². The van der Waals surface area contributed by atoms with E-state index in [1.54, 1.807) is 13.8 Å². The Balaban J connectivity index is 4.62. The number of halogens is 1. The number of allylic oxidation sites excluding steroid dienone is 4. The summed E-state index contributed by atoms with van der Waals surface area (Å²) in [4.78, 5) is 0. The largest absolute Gasteiger partial charge is 0.212 e. The highest BCUT2D eigenvalue weighted by atomic mass is 19.1. The van der Waals surface area contributed by atoms with E-state index >= 15 is 0 Å². The third kappa shape index (κ3) is 3.03. The summed E-state index contributed by atoms with van der Waals surface area (Å²) in [7, 11) is 0. The first-order chi connectivity index (χ1) is 4.57. The van der Waals surface area contributed by atoms with Gasteiger partial charge < -0.3 is 0 Å². The summed E-state index contributed by atoms with van der Waals surface area (Å²) in [6, 6.07) is 1.90. The summed E-state index contributed by atoms with van der Waals surface area (Å²) in [6.45, 7) is 4.87. The maximum Gasteiger partial charge on any atom is 0.0991 e. The molecule has 0 saturated carbocycles. The van der Waals surface area contributed by atoms with Gasteiger partial charge in [-0.25, -0.2) is 4.39 Å². The molecule has 0 amide bonds. The molecule has 0 unspecified atom stereocenters. The molecule has 0 radical (unpaired) electrons. The molecule has 54 valence electrons. The topological polar surface area (TPSA) is 23.8 Å². The first-order valence-electron chi connectivity index (χ1n) is 2.99. The van der Waals surface area contributed by atoms with Gasteiger partial charge in [-0.1, -0.05) is 5.57 Å². The van der Waals surface area contributed by atoms with Gasteiger partial charge in [0.05, 0.1) is 17.5 Å². The number of hydrogen-bond acceptors (Lipinski definition) is 1. The van der Waals surface area contributed by atoms with E-state index in [0.717, 1.165) is 5.57 Å². The molecule has 0 heterocycles. The van der Waals surface area contributed by atoms with E-state index in [9.17, 15) is 4.39 Å². The Morgan fingerprint density at radius 3 is 2.00 bits per heavy atom. The minimum absolute atomic E-state index is 0.335. The van der Waals surface area contributed by atoms with Gasteiger partial charge in [-0.05, 0) is 26.8 Å². The zero-order valence-corrected chi connectivity index (χ0v) is 6.40. The van der Waals surface area contributed by atoms with E-state index in [1.165, 1.54) is 13.0 Å². The lowest BCUT2D eigenvalue weighted by atomic mass is 10.1. The average molecular weight is 139 g/mol. The number of nitriles is 1. The van der Waals surface area contributed by atoms with Crippen LogP contribution in [0.2, 0.25) is 0 Å². The predicted octanol–water partition coefficient (Wildman–Crippen LogP) is 2.72. The van der Waals surface area contributed by atoms with Gasteiger partial charge in [-0.15, -0.1) is 0 Å². The van der Waals surface area contributed by atoms with Gasteiger partial charge in [0.1, 0.15) is 0 Å². The molecule has 1 nitrogen and oxygen atoms in total. The van der Waals surface area contributed by atoms with Crippen LogP contribution in [-0.4, -0.2) is 0 Å². The molecule has 0 N–H and O–H groups in total. The summed E-state index contributed by atoms with van der Waals surface area (Å²) in [5, 5.41) is 8.43. The molecule has 0 spiro atoms. The van der Waals surface area contributed by atoms with Gasteiger partial charge in [-0.3, -0.25) is 0 Å². The SMILES string of the molecule is CC(F)=CC(C#N)=C(C)C. The van der Waals surface area contributed by atoms with Gasteiger partial charge in [-0.2, -0.15) is 5.26 Å². The smallest absolute Gasteiger partial charge is 0.0991 e. The van der Waals surface area contributed by atoms with Crippen molar-refractivity contribution >= 4 is 0 Å². The van der Waals surface area contributed by atoms with E-state index in [2.05, 4.69) is 0 Å². The van der Waals surface area contributed by atoms with Crippen LogP contribution in [0.5, 0.6) is 0 Å². The van der Waals surface area contributed by atoms with Crippen LogP contribution in [0.3, 0.4) is 0 Å². The molecule has 2 heteroatoms. The molecule has 0 aliphatic heterocycles. The molecular formula is C8H10FN. The quantitative estimate of drug-likeness (QED) is 0.404. The lowest BCUT2D eigenvalue weighted by Gasteiger charge is -1.90. The summed E-state index contributed by atoms with van der Waals surface area (Å²) < 4.78 is 12.2. The Hall–Kier alpha value is -1.10. The molecule has 0 aliphatic carbocycles. The third-order valence-corrected chi connectivity index (χ3v) is 1.00. The van der Waals surface area contributed by atoms with Crippen LogP contribution in [0.25, 0.3) is 0 Å². The molecule has 0 rings (SSSR count). The molecule has 0 aromatic heterocycles. The Labute approximate surface area is 60.5 Å². The highest BCUT2D eigenvalue weighted by molar-refractivity contribution is 5.36. The van der Waals surface area contributed by atoms with Crippen molar-refractivity contribution in [2.75, 3.05) is 0 Å². The first kappa shape index (κ1) is 8.90. The third-order valence-electron chi connectivity index (χ3n) is 1.00. The first-order valence-corrected chi connectivity index (χ1v) is 2.99. The van der Waals surface area contributed by atoms with E-state index < -0.39 is 0 Å². The fourth-order valence-corrected chi connectivity index (χ4v) is 0.487. The van der Waals surface area contributed by atoms with Crippen molar-refractivity contribution in [1.29, 1.82) is 5.26 Å². The lowest BCUT2D eigenvalue weighted by molar-refractivity contribution is 0.640. The Kier molecular flexibility index (Phi) is 3.42.